The Morgan fingerprint density at radius 3 is 2.60 bits per heavy atom. The van der Waals surface area contributed by atoms with Crippen molar-refractivity contribution < 1.29 is 14.3 Å². The van der Waals surface area contributed by atoms with Gasteiger partial charge < -0.3 is 29.6 Å². The molecule has 1 amide bonds. The van der Waals surface area contributed by atoms with Crippen molar-refractivity contribution in [2.75, 3.05) is 56.7 Å². The monoisotopic (exact) mass is 476 g/mol. The molecule has 1 aromatic heterocycles. The molecule has 35 heavy (non-hydrogen) atoms. The normalized spacial score (nSPS) is 16.4. The average Bonchev–Trinajstić information content (AvgIpc) is 2.92. The summed E-state index contributed by atoms with van der Waals surface area (Å²) < 4.78 is 10.7. The molecule has 8 heteroatoms. The van der Waals surface area contributed by atoms with Gasteiger partial charge in [-0.25, -0.2) is 0 Å². The van der Waals surface area contributed by atoms with Crippen molar-refractivity contribution in [3.05, 3.63) is 63.9 Å². The van der Waals surface area contributed by atoms with Crippen molar-refractivity contribution in [2.24, 2.45) is 0 Å². The summed E-state index contributed by atoms with van der Waals surface area (Å²) in [6.07, 6.45) is 3.59. The lowest BCUT2D eigenvalue weighted by atomic mass is 10.1. The number of ether oxygens (including phenoxy) is 2. The number of anilines is 2. The zero-order chi connectivity index (χ0) is 24.2. The summed E-state index contributed by atoms with van der Waals surface area (Å²) in [6, 6.07) is 13.5. The number of carbonyl (C=O) groups excluding carboxylic acids is 1. The van der Waals surface area contributed by atoms with E-state index in [1.807, 2.05) is 41.3 Å². The van der Waals surface area contributed by atoms with Crippen LogP contribution in [-0.2, 0) is 11.3 Å². The number of rotatable bonds is 6. The van der Waals surface area contributed by atoms with Crippen LogP contribution in [0.5, 0.6) is 5.75 Å². The third kappa shape index (κ3) is 5.12. The molecule has 2 saturated heterocycles. The number of H-pyrrole nitrogens is 1. The van der Waals surface area contributed by atoms with Crippen LogP contribution in [0.15, 0.2) is 47.3 Å². The number of benzene rings is 2. The molecular formula is C27H32N4O4. The standard InChI is InChI=1S/C27H32N4O4/c1-34-22-7-5-19-15-20(26(32)29-25(19)17-22)18-28-24-8-6-21(30-9-3-2-4-10-30)16-23(24)27(33)31-11-13-35-14-12-31/h5-8,15-17,28H,2-4,9-14,18H2,1H3,(H,29,32). The molecule has 2 aliphatic rings. The highest BCUT2D eigenvalue weighted by molar-refractivity contribution is 6.00. The Morgan fingerprint density at radius 2 is 1.83 bits per heavy atom. The predicted octanol–water partition coefficient (Wildman–Crippen LogP) is 3.61. The largest absolute Gasteiger partial charge is 0.497 e. The molecule has 2 fully saturated rings. The zero-order valence-electron chi connectivity index (χ0n) is 20.1. The second-order valence-electron chi connectivity index (χ2n) is 9.11. The topological polar surface area (TPSA) is 86.9 Å². The van der Waals surface area contributed by atoms with Gasteiger partial charge in [-0.1, -0.05) is 0 Å². The van der Waals surface area contributed by atoms with Crippen molar-refractivity contribution in [2.45, 2.75) is 25.8 Å². The van der Waals surface area contributed by atoms with Crippen molar-refractivity contribution in [1.82, 2.24) is 9.88 Å². The number of fused-ring (bicyclic) bond motifs is 1. The molecule has 0 saturated carbocycles. The summed E-state index contributed by atoms with van der Waals surface area (Å²) in [7, 11) is 1.60. The van der Waals surface area contributed by atoms with E-state index in [4.69, 9.17) is 9.47 Å². The summed E-state index contributed by atoms with van der Waals surface area (Å²) in [6.45, 7) is 4.60. The first-order chi connectivity index (χ1) is 17.1. The highest BCUT2D eigenvalue weighted by atomic mass is 16.5. The van der Waals surface area contributed by atoms with Gasteiger partial charge in [-0.3, -0.25) is 9.59 Å². The number of hydrogen-bond donors (Lipinski definition) is 2. The maximum atomic E-state index is 13.5. The van der Waals surface area contributed by atoms with Gasteiger partial charge in [-0.05, 0) is 61.0 Å². The third-order valence-electron chi connectivity index (χ3n) is 6.85. The SMILES string of the molecule is COc1ccc2cc(CNc3ccc(N4CCCCC4)cc3C(=O)N3CCOCC3)c(=O)[nH]c2c1. The molecule has 0 atom stereocenters. The van der Waals surface area contributed by atoms with Crippen molar-refractivity contribution in [3.63, 3.8) is 0 Å². The number of aromatic nitrogens is 1. The minimum atomic E-state index is -0.163. The van der Waals surface area contributed by atoms with E-state index in [-0.39, 0.29) is 11.5 Å². The molecule has 3 aromatic rings. The van der Waals surface area contributed by atoms with E-state index in [9.17, 15) is 9.59 Å². The predicted molar refractivity (Wildman–Crippen MR) is 138 cm³/mol. The first-order valence-electron chi connectivity index (χ1n) is 12.3. The molecule has 8 nitrogen and oxygen atoms in total. The summed E-state index contributed by atoms with van der Waals surface area (Å²) >= 11 is 0. The fourth-order valence-electron chi connectivity index (χ4n) is 4.82. The van der Waals surface area contributed by atoms with Crippen LogP contribution in [-0.4, -0.2) is 62.3 Å². The van der Waals surface area contributed by atoms with Crippen LogP contribution in [0, 0.1) is 0 Å². The average molecular weight is 477 g/mol. The fraction of sp³-hybridized carbons (Fsp3) is 0.407. The number of nitrogens with zero attached hydrogens (tertiary/aromatic N) is 2. The number of pyridine rings is 1. The Balaban J connectivity index is 1.42. The molecule has 184 valence electrons. The van der Waals surface area contributed by atoms with Crippen LogP contribution >= 0.6 is 0 Å². The fourth-order valence-corrected chi connectivity index (χ4v) is 4.82. The molecule has 0 spiro atoms. The molecule has 5 rings (SSSR count). The minimum absolute atomic E-state index is 0.00539. The quantitative estimate of drug-likeness (QED) is 0.565. The first-order valence-corrected chi connectivity index (χ1v) is 12.3. The van der Waals surface area contributed by atoms with Gasteiger partial charge in [-0.15, -0.1) is 0 Å². The Labute approximate surface area is 204 Å². The summed E-state index contributed by atoms with van der Waals surface area (Å²) in [4.78, 5) is 33.4. The van der Waals surface area contributed by atoms with Gasteiger partial charge in [0.15, 0.2) is 0 Å². The number of morpholine rings is 1. The lowest BCUT2D eigenvalue weighted by Gasteiger charge is -2.31. The van der Waals surface area contributed by atoms with Crippen LogP contribution in [0.2, 0.25) is 0 Å². The van der Waals surface area contributed by atoms with Gasteiger partial charge in [0.1, 0.15) is 5.75 Å². The number of nitrogens with one attached hydrogen (secondary N) is 2. The van der Waals surface area contributed by atoms with E-state index >= 15 is 0 Å². The Hall–Kier alpha value is -3.52. The van der Waals surface area contributed by atoms with Crippen LogP contribution < -0.4 is 20.5 Å². The van der Waals surface area contributed by atoms with Crippen molar-refractivity contribution in [3.8, 4) is 5.75 Å². The van der Waals surface area contributed by atoms with Gasteiger partial charge in [0.05, 0.1) is 31.4 Å². The number of hydrogen-bond acceptors (Lipinski definition) is 6. The summed E-state index contributed by atoms with van der Waals surface area (Å²) in [5.41, 5.74) is 3.61. The van der Waals surface area contributed by atoms with Gasteiger partial charge >= 0.3 is 0 Å². The molecule has 0 bridgehead atoms. The molecule has 2 N–H and O–H groups in total. The van der Waals surface area contributed by atoms with Crippen molar-refractivity contribution in [1.29, 1.82) is 0 Å². The second-order valence-corrected chi connectivity index (χ2v) is 9.11. The van der Waals surface area contributed by atoms with Crippen LogP contribution in [0.1, 0.15) is 35.2 Å². The highest BCUT2D eigenvalue weighted by Gasteiger charge is 2.23. The number of carbonyl (C=O) groups is 1. The Kier molecular flexibility index (Phi) is 6.90. The number of piperidine rings is 1. The smallest absolute Gasteiger partial charge is 0.256 e. The second kappa shape index (κ2) is 10.4. The number of amides is 1. The van der Waals surface area contributed by atoms with Crippen LogP contribution in [0.4, 0.5) is 11.4 Å². The lowest BCUT2D eigenvalue weighted by molar-refractivity contribution is 0.0303. The van der Waals surface area contributed by atoms with Crippen molar-refractivity contribution >= 4 is 28.2 Å². The molecule has 0 aliphatic carbocycles. The van der Waals surface area contributed by atoms with Crippen LogP contribution in [0.3, 0.4) is 0 Å². The van der Waals surface area contributed by atoms with E-state index in [0.717, 1.165) is 35.4 Å². The van der Waals surface area contributed by atoms with Gasteiger partial charge in [0, 0.05) is 55.7 Å². The van der Waals surface area contributed by atoms with Gasteiger partial charge in [0.2, 0.25) is 0 Å². The van der Waals surface area contributed by atoms with E-state index in [0.29, 0.717) is 49.7 Å². The van der Waals surface area contributed by atoms with Gasteiger partial charge in [0.25, 0.3) is 11.5 Å². The Bertz CT molecular complexity index is 1260. The van der Waals surface area contributed by atoms with E-state index in [1.54, 1.807) is 7.11 Å². The van der Waals surface area contributed by atoms with E-state index < -0.39 is 0 Å². The minimum Gasteiger partial charge on any atom is -0.497 e. The zero-order valence-corrected chi connectivity index (χ0v) is 20.1. The molecule has 0 radical (unpaired) electrons. The highest BCUT2D eigenvalue weighted by Crippen LogP contribution is 2.28. The molecule has 2 aromatic carbocycles. The molecular weight excluding hydrogens is 444 g/mol. The van der Waals surface area contributed by atoms with Gasteiger partial charge in [-0.2, -0.15) is 0 Å². The third-order valence-corrected chi connectivity index (χ3v) is 6.85. The molecule has 2 aliphatic heterocycles. The summed E-state index contributed by atoms with van der Waals surface area (Å²) in [5, 5.41) is 4.29. The Morgan fingerprint density at radius 1 is 1.03 bits per heavy atom. The maximum absolute atomic E-state index is 13.5. The number of aromatic amines is 1. The van der Waals surface area contributed by atoms with Crippen LogP contribution in [0.25, 0.3) is 10.9 Å². The lowest BCUT2D eigenvalue weighted by Crippen LogP contribution is -2.41. The summed E-state index contributed by atoms with van der Waals surface area (Å²) in [5.74, 6) is 0.688. The molecule has 3 heterocycles. The van der Waals surface area contributed by atoms with E-state index in [2.05, 4.69) is 21.3 Å². The van der Waals surface area contributed by atoms with E-state index in [1.165, 1.54) is 19.3 Å². The maximum Gasteiger partial charge on any atom is 0.256 e. The first kappa shape index (κ1) is 23.2. The molecule has 0 unspecified atom stereocenters. The number of methoxy groups -OCH3 is 1.